The number of pyridine rings is 1. The molecule has 0 atom stereocenters. The molecule has 29 heavy (non-hydrogen) atoms. The minimum Gasteiger partial charge on any atom is -0.450 e. The lowest BCUT2D eigenvalue weighted by atomic mass is 10.2. The molecule has 0 N–H and O–H groups in total. The van der Waals surface area contributed by atoms with Gasteiger partial charge in [-0.1, -0.05) is 0 Å². The maximum absolute atomic E-state index is 12.7. The Morgan fingerprint density at radius 1 is 1.14 bits per heavy atom. The lowest BCUT2D eigenvalue weighted by molar-refractivity contribution is 0.0790. The summed E-state index contributed by atoms with van der Waals surface area (Å²) in [6.07, 6.45) is 5.36. The molecular formula is C20H26N6O3. The van der Waals surface area contributed by atoms with Crippen molar-refractivity contribution < 1.29 is 14.3 Å². The third kappa shape index (κ3) is 5.40. The van der Waals surface area contributed by atoms with Crippen molar-refractivity contribution in [2.75, 3.05) is 51.3 Å². The first-order valence-corrected chi connectivity index (χ1v) is 9.71. The molecule has 0 unspecified atom stereocenters. The summed E-state index contributed by atoms with van der Waals surface area (Å²) in [5.41, 5.74) is 1.49. The van der Waals surface area contributed by atoms with Crippen LogP contribution in [0.2, 0.25) is 0 Å². The number of amides is 2. The Balaban J connectivity index is 1.57. The number of carbonyl (C=O) groups is 2. The van der Waals surface area contributed by atoms with Crippen LogP contribution < -0.4 is 4.90 Å². The van der Waals surface area contributed by atoms with Crippen LogP contribution in [0.5, 0.6) is 0 Å². The van der Waals surface area contributed by atoms with Gasteiger partial charge in [0.1, 0.15) is 17.8 Å². The zero-order valence-electron chi connectivity index (χ0n) is 16.8. The van der Waals surface area contributed by atoms with Gasteiger partial charge >= 0.3 is 6.09 Å². The number of nitrogens with zero attached hydrogens (tertiary/aromatic N) is 6. The molecule has 0 spiro atoms. The van der Waals surface area contributed by atoms with Gasteiger partial charge in [0.2, 0.25) is 0 Å². The predicted molar refractivity (Wildman–Crippen MR) is 108 cm³/mol. The molecule has 9 nitrogen and oxygen atoms in total. The fourth-order valence-electron chi connectivity index (χ4n) is 3.11. The Morgan fingerprint density at radius 2 is 1.86 bits per heavy atom. The summed E-state index contributed by atoms with van der Waals surface area (Å²) in [5.74, 6) is 0.544. The molecule has 0 aromatic carbocycles. The third-order valence-electron chi connectivity index (χ3n) is 4.83. The van der Waals surface area contributed by atoms with E-state index in [0.29, 0.717) is 50.8 Å². The van der Waals surface area contributed by atoms with Crippen molar-refractivity contribution in [1.29, 1.82) is 0 Å². The highest BCUT2D eigenvalue weighted by Crippen LogP contribution is 2.15. The summed E-state index contributed by atoms with van der Waals surface area (Å²) in [6.45, 7) is 5.10. The van der Waals surface area contributed by atoms with Crippen molar-refractivity contribution in [3.8, 4) is 0 Å². The van der Waals surface area contributed by atoms with Gasteiger partial charge in [-0.15, -0.1) is 0 Å². The van der Waals surface area contributed by atoms with Crippen LogP contribution in [0.15, 0.2) is 36.9 Å². The Hall–Kier alpha value is -3.23. The Morgan fingerprint density at radius 3 is 2.55 bits per heavy atom. The van der Waals surface area contributed by atoms with Crippen LogP contribution in [0.25, 0.3) is 0 Å². The Bertz CT molecular complexity index is 824. The Labute approximate surface area is 170 Å². The fraction of sp³-hybridized carbons (Fsp3) is 0.450. The lowest BCUT2D eigenvalue weighted by Gasteiger charge is -2.34. The predicted octanol–water partition coefficient (Wildman–Crippen LogP) is 1.46. The third-order valence-corrected chi connectivity index (χ3v) is 4.83. The number of rotatable bonds is 6. The highest BCUT2D eigenvalue weighted by atomic mass is 16.6. The van der Waals surface area contributed by atoms with Gasteiger partial charge in [-0.25, -0.2) is 14.8 Å². The summed E-state index contributed by atoms with van der Waals surface area (Å²) >= 11 is 0. The number of hydrogen-bond donors (Lipinski definition) is 0. The van der Waals surface area contributed by atoms with E-state index in [4.69, 9.17) is 4.74 Å². The van der Waals surface area contributed by atoms with Crippen LogP contribution >= 0.6 is 0 Å². The standard InChI is InChI=1S/C20H26N6O3/c1-3-29-20(28)26-12-10-25(11-13-26)18-14-17(22-15-23-18)19(27)24(2)9-6-16-4-7-21-8-5-16/h4-5,7-8,14-15H,3,6,9-13H2,1-2H3. The molecule has 2 aromatic rings. The zero-order valence-corrected chi connectivity index (χ0v) is 16.8. The van der Waals surface area contributed by atoms with Crippen molar-refractivity contribution in [1.82, 2.24) is 24.8 Å². The summed E-state index contributed by atoms with van der Waals surface area (Å²) in [5, 5.41) is 0. The van der Waals surface area contributed by atoms with Crippen molar-refractivity contribution in [3.05, 3.63) is 48.2 Å². The second-order valence-electron chi connectivity index (χ2n) is 6.77. The average Bonchev–Trinajstić information content (AvgIpc) is 2.78. The monoisotopic (exact) mass is 398 g/mol. The molecule has 1 saturated heterocycles. The molecule has 1 aliphatic heterocycles. The first-order valence-electron chi connectivity index (χ1n) is 9.71. The van der Waals surface area contributed by atoms with Gasteiger partial charge in [-0.05, 0) is 31.0 Å². The van der Waals surface area contributed by atoms with Crippen molar-refractivity contribution in [3.63, 3.8) is 0 Å². The summed E-state index contributed by atoms with van der Waals surface area (Å²) in [7, 11) is 1.77. The van der Waals surface area contributed by atoms with E-state index < -0.39 is 0 Å². The first-order chi connectivity index (χ1) is 14.1. The van der Waals surface area contributed by atoms with E-state index in [-0.39, 0.29) is 12.0 Å². The second-order valence-corrected chi connectivity index (χ2v) is 6.77. The van der Waals surface area contributed by atoms with E-state index in [2.05, 4.69) is 15.0 Å². The van der Waals surface area contributed by atoms with Crippen LogP contribution in [0.3, 0.4) is 0 Å². The molecule has 1 fully saturated rings. The smallest absolute Gasteiger partial charge is 0.409 e. The molecule has 0 radical (unpaired) electrons. The molecule has 0 bridgehead atoms. The quantitative estimate of drug-likeness (QED) is 0.727. The van der Waals surface area contributed by atoms with E-state index in [1.807, 2.05) is 17.0 Å². The molecule has 3 heterocycles. The number of likely N-dealkylation sites (N-methyl/N-ethyl adjacent to an activating group) is 1. The maximum atomic E-state index is 12.7. The maximum Gasteiger partial charge on any atom is 0.409 e. The van der Waals surface area contributed by atoms with Crippen LogP contribution in [0.4, 0.5) is 10.6 Å². The molecular weight excluding hydrogens is 372 g/mol. The molecule has 2 amide bonds. The normalized spacial score (nSPS) is 13.9. The molecule has 154 valence electrons. The van der Waals surface area contributed by atoms with Gasteiger partial charge in [-0.3, -0.25) is 9.78 Å². The highest BCUT2D eigenvalue weighted by molar-refractivity contribution is 5.92. The van der Waals surface area contributed by atoms with E-state index in [0.717, 1.165) is 12.0 Å². The molecule has 3 rings (SSSR count). The van der Waals surface area contributed by atoms with Gasteiger partial charge in [0.25, 0.3) is 5.91 Å². The summed E-state index contributed by atoms with van der Waals surface area (Å²) in [6, 6.07) is 5.60. The van der Waals surface area contributed by atoms with E-state index in [9.17, 15) is 9.59 Å². The van der Waals surface area contributed by atoms with Gasteiger partial charge in [-0.2, -0.15) is 0 Å². The molecule has 2 aromatic heterocycles. The van der Waals surface area contributed by atoms with Crippen molar-refractivity contribution >= 4 is 17.8 Å². The Kier molecular flexibility index (Phi) is 6.94. The van der Waals surface area contributed by atoms with Gasteiger partial charge < -0.3 is 19.4 Å². The lowest BCUT2D eigenvalue weighted by Crippen LogP contribution is -2.49. The van der Waals surface area contributed by atoms with Gasteiger partial charge in [0.05, 0.1) is 6.61 Å². The van der Waals surface area contributed by atoms with E-state index >= 15 is 0 Å². The molecule has 9 heteroatoms. The second kappa shape index (κ2) is 9.81. The minimum absolute atomic E-state index is 0.145. The van der Waals surface area contributed by atoms with Crippen LogP contribution in [-0.2, 0) is 11.2 Å². The first kappa shape index (κ1) is 20.5. The van der Waals surface area contributed by atoms with Crippen molar-refractivity contribution in [2.45, 2.75) is 13.3 Å². The number of ether oxygens (including phenoxy) is 1. The van der Waals surface area contributed by atoms with Gasteiger partial charge in [0.15, 0.2) is 0 Å². The molecule has 0 aliphatic carbocycles. The van der Waals surface area contributed by atoms with Gasteiger partial charge in [0, 0.05) is 58.2 Å². The molecule has 0 saturated carbocycles. The van der Waals surface area contributed by atoms with E-state index in [1.54, 1.807) is 42.2 Å². The summed E-state index contributed by atoms with van der Waals surface area (Å²) < 4.78 is 5.04. The molecule has 1 aliphatic rings. The van der Waals surface area contributed by atoms with Crippen LogP contribution in [0, 0.1) is 0 Å². The van der Waals surface area contributed by atoms with E-state index in [1.165, 1.54) is 6.33 Å². The number of hydrogen-bond acceptors (Lipinski definition) is 7. The van der Waals surface area contributed by atoms with Crippen LogP contribution in [-0.4, -0.2) is 83.1 Å². The topological polar surface area (TPSA) is 91.8 Å². The SMILES string of the molecule is CCOC(=O)N1CCN(c2cc(C(=O)N(C)CCc3ccncc3)ncn2)CC1. The number of aromatic nitrogens is 3. The average molecular weight is 398 g/mol. The largest absolute Gasteiger partial charge is 0.450 e. The number of anilines is 1. The summed E-state index contributed by atoms with van der Waals surface area (Å²) in [4.78, 5) is 42.4. The van der Waals surface area contributed by atoms with Crippen LogP contribution in [0.1, 0.15) is 23.0 Å². The number of piperazine rings is 1. The highest BCUT2D eigenvalue weighted by Gasteiger charge is 2.23. The minimum atomic E-state index is -0.290. The number of carbonyl (C=O) groups excluding carboxylic acids is 2. The fourth-order valence-corrected chi connectivity index (χ4v) is 3.11. The van der Waals surface area contributed by atoms with Crippen molar-refractivity contribution in [2.24, 2.45) is 0 Å². The zero-order chi connectivity index (χ0) is 20.6.